The maximum Gasteiger partial charge on any atom is 0.265 e. The molecule has 3 aromatic carbocycles. The van der Waals surface area contributed by atoms with Gasteiger partial charge >= 0.3 is 0 Å². The number of benzene rings is 3. The molecule has 1 unspecified atom stereocenters. The highest BCUT2D eigenvalue weighted by Crippen LogP contribution is 2.32. The van der Waals surface area contributed by atoms with Crippen LogP contribution in [0.5, 0.6) is 5.75 Å². The van der Waals surface area contributed by atoms with Gasteiger partial charge < -0.3 is 14.5 Å². The molecule has 4 rings (SSSR count). The number of oxazole rings is 1. The standard InChI is InChI=1S/C22H14Cl4N2O3/c1-11(30-19-6-3-13(23)9-16(19)26)21(29)27-17-8-12(2-5-15(17)25)22-28-18-10-14(24)4-7-20(18)31-22/h2-11H,1H3,(H,27,29). The number of hydrogen-bond donors (Lipinski definition) is 1. The number of halogens is 4. The minimum Gasteiger partial charge on any atom is -0.479 e. The van der Waals surface area contributed by atoms with Gasteiger partial charge in [0.05, 0.1) is 15.7 Å². The zero-order valence-electron chi connectivity index (χ0n) is 16.0. The Kier molecular flexibility index (Phi) is 6.30. The maximum atomic E-state index is 12.7. The van der Waals surface area contributed by atoms with E-state index in [4.69, 9.17) is 55.6 Å². The summed E-state index contributed by atoms with van der Waals surface area (Å²) in [6, 6.07) is 15.0. The highest BCUT2D eigenvalue weighted by Gasteiger charge is 2.19. The third kappa shape index (κ3) is 4.91. The number of carbonyl (C=O) groups excluding carboxylic acids is 1. The van der Waals surface area contributed by atoms with Crippen LogP contribution in [0.1, 0.15) is 6.92 Å². The number of aromatic nitrogens is 1. The quantitative estimate of drug-likeness (QED) is 0.311. The molecule has 5 nitrogen and oxygen atoms in total. The van der Waals surface area contributed by atoms with Crippen LogP contribution in [0.2, 0.25) is 20.1 Å². The van der Waals surface area contributed by atoms with E-state index in [-0.39, 0.29) is 0 Å². The van der Waals surface area contributed by atoms with Gasteiger partial charge in [0, 0.05) is 15.6 Å². The minimum atomic E-state index is -0.843. The highest BCUT2D eigenvalue weighted by molar-refractivity contribution is 6.35. The number of hydrogen-bond acceptors (Lipinski definition) is 4. The van der Waals surface area contributed by atoms with E-state index in [0.29, 0.717) is 54.1 Å². The Balaban J connectivity index is 1.54. The molecule has 1 aromatic heterocycles. The van der Waals surface area contributed by atoms with E-state index in [0.717, 1.165) is 0 Å². The molecule has 158 valence electrons. The first-order valence-corrected chi connectivity index (χ1v) is 10.6. The van der Waals surface area contributed by atoms with Crippen molar-refractivity contribution in [3.63, 3.8) is 0 Å². The molecule has 0 saturated heterocycles. The van der Waals surface area contributed by atoms with Gasteiger partial charge in [-0.05, 0) is 61.5 Å². The number of ether oxygens (including phenoxy) is 1. The topological polar surface area (TPSA) is 64.4 Å². The first-order valence-electron chi connectivity index (χ1n) is 9.09. The second kappa shape index (κ2) is 8.97. The maximum absolute atomic E-state index is 12.7. The number of nitrogens with zero attached hydrogens (tertiary/aromatic N) is 1. The fraction of sp³-hybridized carbons (Fsp3) is 0.0909. The number of amides is 1. The summed E-state index contributed by atoms with van der Waals surface area (Å²) in [5.74, 6) is 0.315. The summed E-state index contributed by atoms with van der Waals surface area (Å²) < 4.78 is 11.4. The van der Waals surface area contributed by atoms with Crippen molar-refractivity contribution in [2.75, 3.05) is 5.32 Å². The summed E-state index contributed by atoms with van der Waals surface area (Å²) in [5, 5.41) is 4.45. The zero-order chi connectivity index (χ0) is 22.1. The summed E-state index contributed by atoms with van der Waals surface area (Å²) in [6.45, 7) is 1.60. The second-order valence-corrected chi connectivity index (χ2v) is 8.34. The molecule has 1 N–H and O–H groups in total. The molecule has 0 spiro atoms. The number of carbonyl (C=O) groups is 1. The summed E-state index contributed by atoms with van der Waals surface area (Å²) in [4.78, 5) is 17.1. The minimum absolute atomic E-state index is 0.309. The Bertz CT molecular complexity index is 1290. The normalized spacial score (nSPS) is 12.0. The average molecular weight is 496 g/mol. The van der Waals surface area contributed by atoms with Gasteiger partial charge in [-0.3, -0.25) is 4.79 Å². The van der Waals surface area contributed by atoms with Crippen LogP contribution in [-0.4, -0.2) is 17.0 Å². The lowest BCUT2D eigenvalue weighted by molar-refractivity contribution is -0.122. The molecule has 0 saturated carbocycles. The Hall–Kier alpha value is -2.44. The van der Waals surface area contributed by atoms with Crippen molar-refractivity contribution in [1.82, 2.24) is 4.98 Å². The Morgan fingerprint density at radius 1 is 0.968 bits per heavy atom. The van der Waals surface area contributed by atoms with Crippen LogP contribution in [0.3, 0.4) is 0 Å². The van der Waals surface area contributed by atoms with Crippen LogP contribution < -0.4 is 10.1 Å². The Morgan fingerprint density at radius 2 is 1.71 bits per heavy atom. The fourth-order valence-electron chi connectivity index (χ4n) is 2.83. The predicted molar refractivity (Wildman–Crippen MR) is 125 cm³/mol. The predicted octanol–water partition coefficient (Wildman–Crippen LogP) is 7.51. The van der Waals surface area contributed by atoms with Crippen LogP contribution in [-0.2, 0) is 4.79 Å². The van der Waals surface area contributed by atoms with E-state index < -0.39 is 12.0 Å². The SMILES string of the molecule is CC(Oc1ccc(Cl)cc1Cl)C(=O)Nc1cc(-c2nc3cc(Cl)ccc3o2)ccc1Cl. The van der Waals surface area contributed by atoms with Gasteiger partial charge in [-0.2, -0.15) is 0 Å². The first-order chi connectivity index (χ1) is 14.8. The molecular formula is C22H14Cl4N2O3. The largest absolute Gasteiger partial charge is 0.479 e. The molecule has 4 aromatic rings. The third-order valence-corrected chi connectivity index (χ3v) is 5.48. The van der Waals surface area contributed by atoms with E-state index >= 15 is 0 Å². The van der Waals surface area contributed by atoms with E-state index in [2.05, 4.69) is 10.3 Å². The number of rotatable bonds is 5. The van der Waals surface area contributed by atoms with Crippen molar-refractivity contribution in [2.45, 2.75) is 13.0 Å². The summed E-state index contributed by atoms with van der Waals surface area (Å²) in [7, 11) is 0. The third-order valence-electron chi connectivity index (χ3n) is 4.39. The van der Waals surface area contributed by atoms with Crippen molar-refractivity contribution in [3.05, 3.63) is 74.7 Å². The molecule has 9 heteroatoms. The van der Waals surface area contributed by atoms with Gasteiger partial charge in [0.25, 0.3) is 5.91 Å². The lowest BCUT2D eigenvalue weighted by atomic mass is 10.2. The molecule has 0 aliphatic rings. The van der Waals surface area contributed by atoms with Crippen molar-refractivity contribution in [2.24, 2.45) is 0 Å². The van der Waals surface area contributed by atoms with Gasteiger partial charge in [-0.15, -0.1) is 0 Å². The molecule has 1 heterocycles. The highest BCUT2D eigenvalue weighted by atomic mass is 35.5. The Morgan fingerprint density at radius 3 is 2.48 bits per heavy atom. The molecule has 0 radical (unpaired) electrons. The first kappa shape index (κ1) is 21.8. The zero-order valence-corrected chi connectivity index (χ0v) is 19.0. The van der Waals surface area contributed by atoms with Gasteiger partial charge in [0.2, 0.25) is 5.89 Å². The van der Waals surface area contributed by atoms with E-state index in [1.165, 1.54) is 6.07 Å². The molecule has 0 fully saturated rings. The molecule has 1 atom stereocenters. The van der Waals surface area contributed by atoms with Gasteiger partial charge in [-0.1, -0.05) is 46.4 Å². The second-order valence-electron chi connectivity index (χ2n) is 6.65. The molecule has 31 heavy (non-hydrogen) atoms. The molecule has 0 aliphatic heterocycles. The fourth-order valence-corrected chi connectivity index (χ4v) is 3.61. The van der Waals surface area contributed by atoms with Crippen LogP contribution in [0.4, 0.5) is 5.69 Å². The lowest BCUT2D eigenvalue weighted by Gasteiger charge is -2.16. The summed E-state index contributed by atoms with van der Waals surface area (Å²) >= 11 is 24.3. The van der Waals surface area contributed by atoms with Gasteiger partial charge in [-0.25, -0.2) is 4.98 Å². The molecule has 0 aliphatic carbocycles. The van der Waals surface area contributed by atoms with Crippen LogP contribution in [0.25, 0.3) is 22.6 Å². The van der Waals surface area contributed by atoms with Crippen molar-refractivity contribution in [3.8, 4) is 17.2 Å². The van der Waals surface area contributed by atoms with E-state index in [1.54, 1.807) is 55.5 Å². The van der Waals surface area contributed by atoms with Crippen LogP contribution >= 0.6 is 46.4 Å². The Labute approximate surface area is 197 Å². The van der Waals surface area contributed by atoms with Crippen molar-refractivity contribution < 1.29 is 13.9 Å². The number of anilines is 1. The molecular weight excluding hydrogens is 482 g/mol. The monoisotopic (exact) mass is 494 g/mol. The van der Waals surface area contributed by atoms with Crippen molar-refractivity contribution >= 4 is 69.1 Å². The average Bonchev–Trinajstić information content (AvgIpc) is 3.14. The molecule has 0 bridgehead atoms. The summed E-state index contributed by atoms with van der Waals surface area (Å²) in [5.41, 5.74) is 2.26. The van der Waals surface area contributed by atoms with E-state index in [1.807, 2.05) is 0 Å². The van der Waals surface area contributed by atoms with Crippen LogP contribution in [0, 0.1) is 0 Å². The number of fused-ring (bicyclic) bond motifs is 1. The molecule has 1 amide bonds. The van der Waals surface area contributed by atoms with Crippen LogP contribution in [0.15, 0.2) is 59.0 Å². The smallest absolute Gasteiger partial charge is 0.265 e. The lowest BCUT2D eigenvalue weighted by Crippen LogP contribution is -2.30. The number of nitrogens with one attached hydrogen (secondary N) is 1. The van der Waals surface area contributed by atoms with Crippen molar-refractivity contribution in [1.29, 1.82) is 0 Å². The van der Waals surface area contributed by atoms with Gasteiger partial charge in [0.1, 0.15) is 11.3 Å². The van der Waals surface area contributed by atoms with Gasteiger partial charge in [0.15, 0.2) is 11.7 Å². The van der Waals surface area contributed by atoms with E-state index in [9.17, 15) is 4.79 Å². The summed E-state index contributed by atoms with van der Waals surface area (Å²) in [6.07, 6.45) is -0.843.